The summed E-state index contributed by atoms with van der Waals surface area (Å²) in [4.78, 5) is 27.9. The molecule has 5 aromatic carbocycles. The number of fused-ring (bicyclic) bond motifs is 3. The third-order valence-electron chi connectivity index (χ3n) is 9.94. The average Bonchev–Trinajstić information content (AvgIpc) is 3.11. The number of benzene rings is 5. The van der Waals surface area contributed by atoms with E-state index in [0.717, 1.165) is 59.1 Å². The second-order valence-corrected chi connectivity index (χ2v) is 13.9. The SMILES string of the molecule is COC(=O)c1c(C(=O)OC)c(-c2ccccc2)c2c(c1-c1ccccc1)Cc1c(c(CCC(C)C)c3ccccc3c1CCC(C)C)C2. The van der Waals surface area contributed by atoms with E-state index in [-0.39, 0.29) is 11.1 Å². The normalized spacial score (nSPS) is 12.2. The molecule has 48 heavy (non-hydrogen) atoms. The van der Waals surface area contributed by atoms with E-state index in [9.17, 15) is 9.59 Å². The molecule has 0 N–H and O–H groups in total. The van der Waals surface area contributed by atoms with Gasteiger partial charge in [0.25, 0.3) is 0 Å². The van der Waals surface area contributed by atoms with Gasteiger partial charge in [-0.25, -0.2) is 9.59 Å². The predicted molar refractivity (Wildman–Crippen MR) is 196 cm³/mol. The van der Waals surface area contributed by atoms with Crippen molar-refractivity contribution >= 4 is 22.7 Å². The molecule has 4 nitrogen and oxygen atoms in total. The van der Waals surface area contributed by atoms with Crippen LogP contribution in [0.15, 0.2) is 84.9 Å². The van der Waals surface area contributed by atoms with E-state index in [4.69, 9.17) is 9.47 Å². The summed E-state index contributed by atoms with van der Waals surface area (Å²) in [6.07, 6.45) is 5.46. The van der Waals surface area contributed by atoms with Gasteiger partial charge in [0.2, 0.25) is 0 Å². The molecule has 0 saturated heterocycles. The van der Waals surface area contributed by atoms with E-state index in [0.29, 0.717) is 24.7 Å². The summed E-state index contributed by atoms with van der Waals surface area (Å²) >= 11 is 0. The molecule has 0 aliphatic heterocycles. The minimum atomic E-state index is -0.545. The molecule has 0 fully saturated rings. The standard InChI is InChI=1S/C44H46O4/c1-27(2)21-23-33-31-19-13-14-20-32(31)34(24-22-28(3)4)36-26-38-37(25-35(33)36)39(29-15-9-7-10-16-29)41(43(45)47-5)42(44(46)48-6)40(38)30-17-11-8-12-18-30/h7-20,27-28H,21-26H2,1-6H3. The van der Waals surface area contributed by atoms with Crippen LogP contribution in [0.2, 0.25) is 0 Å². The van der Waals surface area contributed by atoms with Crippen LogP contribution < -0.4 is 0 Å². The van der Waals surface area contributed by atoms with Crippen LogP contribution in [0.5, 0.6) is 0 Å². The van der Waals surface area contributed by atoms with Gasteiger partial charge in [0.05, 0.1) is 25.3 Å². The third kappa shape index (κ3) is 6.17. The van der Waals surface area contributed by atoms with Gasteiger partial charge >= 0.3 is 11.9 Å². The molecule has 0 aromatic heterocycles. The number of methoxy groups -OCH3 is 2. The van der Waals surface area contributed by atoms with Gasteiger partial charge in [-0.2, -0.15) is 0 Å². The van der Waals surface area contributed by atoms with Gasteiger partial charge in [-0.15, -0.1) is 0 Å². The van der Waals surface area contributed by atoms with Crippen LogP contribution in [0.25, 0.3) is 33.0 Å². The predicted octanol–water partition coefficient (Wildman–Crippen LogP) is 10.4. The number of carbonyl (C=O) groups is 2. The molecular weight excluding hydrogens is 592 g/mol. The zero-order valence-electron chi connectivity index (χ0n) is 29.1. The maximum atomic E-state index is 14.0. The third-order valence-corrected chi connectivity index (χ3v) is 9.94. The second kappa shape index (κ2) is 14.2. The topological polar surface area (TPSA) is 52.6 Å². The van der Waals surface area contributed by atoms with Gasteiger partial charge in [-0.05, 0) is 106 Å². The van der Waals surface area contributed by atoms with Crippen LogP contribution in [-0.4, -0.2) is 26.2 Å². The van der Waals surface area contributed by atoms with Crippen LogP contribution in [-0.2, 0) is 35.2 Å². The highest BCUT2D eigenvalue weighted by Gasteiger charge is 2.36. The van der Waals surface area contributed by atoms with Gasteiger partial charge < -0.3 is 9.47 Å². The fraction of sp³-hybridized carbons (Fsp3) is 0.318. The molecule has 0 amide bonds. The Hall–Kier alpha value is -4.70. The van der Waals surface area contributed by atoms with Crippen LogP contribution >= 0.6 is 0 Å². The van der Waals surface area contributed by atoms with E-state index in [2.05, 4.69) is 52.0 Å². The summed E-state index contributed by atoms with van der Waals surface area (Å²) in [6, 6.07) is 28.9. The van der Waals surface area contributed by atoms with Crippen LogP contribution in [0, 0.1) is 11.8 Å². The van der Waals surface area contributed by atoms with Crippen molar-refractivity contribution in [2.75, 3.05) is 14.2 Å². The van der Waals surface area contributed by atoms with Crippen molar-refractivity contribution in [3.05, 3.63) is 129 Å². The fourth-order valence-electron chi connectivity index (χ4n) is 7.62. The van der Waals surface area contributed by atoms with E-state index in [1.54, 1.807) is 0 Å². The maximum absolute atomic E-state index is 14.0. The molecule has 5 aromatic rings. The minimum Gasteiger partial charge on any atom is -0.465 e. The number of hydrogen-bond acceptors (Lipinski definition) is 4. The lowest BCUT2D eigenvalue weighted by molar-refractivity contribution is 0.0556. The number of ether oxygens (including phenoxy) is 2. The highest BCUT2D eigenvalue weighted by molar-refractivity contribution is 6.13. The Labute approximate surface area is 285 Å². The van der Waals surface area contributed by atoms with Gasteiger partial charge in [0.1, 0.15) is 0 Å². The van der Waals surface area contributed by atoms with E-state index >= 15 is 0 Å². The summed E-state index contributed by atoms with van der Waals surface area (Å²) in [5.74, 6) is 0.0374. The highest BCUT2D eigenvalue weighted by Crippen LogP contribution is 2.48. The highest BCUT2D eigenvalue weighted by atomic mass is 16.5. The molecular formula is C44H46O4. The Morgan fingerprint density at radius 2 is 0.896 bits per heavy atom. The smallest absolute Gasteiger partial charge is 0.339 e. The molecule has 0 unspecified atom stereocenters. The van der Waals surface area contributed by atoms with E-state index in [1.807, 2.05) is 60.7 Å². The first-order valence-electron chi connectivity index (χ1n) is 17.3. The molecule has 246 valence electrons. The Kier molecular flexibility index (Phi) is 9.82. The molecule has 0 heterocycles. The van der Waals surface area contributed by atoms with E-state index in [1.165, 1.54) is 47.2 Å². The molecule has 0 bridgehead atoms. The van der Waals surface area contributed by atoms with Crippen molar-refractivity contribution in [3.8, 4) is 22.3 Å². The summed E-state index contributed by atoms with van der Waals surface area (Å²) in [5, 5.41) is 2.67. The summed E-state index contributed by atoms with van der Waals surface area (Å²) in [7, 11) is 2.76. The molecule has 1 aliphatic carbocycles. The quantitative estimate of drug-likeness (QED) is 0.140. The molecule has 0 atom stereocenters. The Morgan fingerprint density at radius 1 is 0.542 bits per heavy atom. The van der Waals surface area contributed by atoms with Gasteiger partial charge in [-0.1, -0.05) is 113 Å². The van der Waals surface area contributed by atoms with Gasteiger partial charge in [0.15, 0.2) is 0 Å². The van der Waals surface area contributed by atoms with Crippen LogP contribution in [0.1, 0.15) is 94.6 Å². The van der Waals surface area contributed by atoms with Crippen LogP contribution in [0.3, 0.4) is 0 Å². The molecule has 6 rings (SSSR count). The van der Waals surface area contributed by atoms with Gasteiger partial charge in [-0.3, -0.25) is 0 Å². The molecule has 0 spiro atoms. The Morgan fingerprint density at radius 3 is 1.23 bits per heavy atom. The number of carbonyl (C=O) groups excluding carboxylic acids is 2. The summed E-state index contributed by atoms with van der Waals surface area (Å²) in [6.45, 7) is 9.16. The zero-order chi connectivity index (χ0) is 33.9. The minimum absolute atomic E-state index is 0.265. The van der Waals surface area contributed by atoms with Crippen LogP contribution in [0.4, 0.5) is 0 Å². The molecule has 1 aliphatic rings. The maximum Gasteiger partial charge on any atom is 0.339 e. The Balaban J connectivity index is 1.78. The first-order chi connectivity index (χ1) is 23.2. The number of rotatable bonds is 10. The number of aryl methyl sites for hydroxylation is 2. The van der Waals surface area contributed by atoms with Crippen molar-refractivity contribution in [1.29, 1.82) is 0 Å². The monoisotopic (exact) mass is 638 g/mol. The largest absolute Gasteiger partial charge is 0.465 e. The van der Waals surface area contributed by atoms with Crippen molar-refractivity contribution < 1.29 is 19.1 Å². The molecule has 4 heteroatoms. The Bertz CT molecular complexity index is 1830. The van der Waals surface area contributed by atoms with Crippen molar-refractivity contribution in [2.24, 2.45) is 11.8 Å². The van der Waals surface area contributed by atoms with E-state index < -0.39 is 11.9 Å². The fourth-order valence-corrected chi connectivity index (χ4v) is 7.62. The summed E-state index contributed by atoms with van der Waals surface area (Å²) in [5.41, 5.74) is 11.5. The lowest BCUT2D eigenvalue weighted by atomic mass is 9.71. The molecule has 0 saturated carbocycles. The number of esters is 2. The van der Waals surface area contributed by atoms with Crippen molar-refractivity contribution in [2.45, 2.75) is 66.2 Å². The summed E-state index contributed by atoms with van der Waals surface area (Å²) < 4.78 is 10.9. The first-order valence-corrected chi connectivity index (χ1v) is 17.3. The zero-order valence-corrected chi connectivity index (χ0v) is 29.1. The van der Waals surface area contributed by atoms with Crippen molar-refractivity contribution in [3.63, 3.8) is 0 Å². The second-order valence-electron chi connectivity index (χ2n) is 13.9. The van der Waals surface area contributed by atoms with Crippen molar-refractivity contribution in [1.82, 2.24) is 0 Å². The average molecular weight is 639 g/mol. The first kappa shape index (κ1) is 33.2. The molecule has 0 radical (unpaired) electrons. The lowest BCUT2D eigenvalue weighted by Gasteiger charge is -2.33. The van der Waals surface area contributed by atoms with Gasteiger partial charge in [0, 0.05) is 11.1 Å². The lowest BCUT2D eigenvalue weighted by Crippen LogP contribution is -2.23. The number of hydrogen-bond donors (Lipinski definition) is 0.